The molecule has 1 aliphatic heterocycles. The lowest BCUT2D eigenvalue weighted by Gasteiger charge is -2.46. The maximum absolute atomic E-state index is 13.1. The zero-order valence-electron chi connectivity index (χ0n) is 19.5. The van der Waals surface area contributed by atoms with Crippen LogP contribution >= 0.6 is 0 Å². The molecule has 0 spiro atoms. The maximum atomic E-state index is 13.1. The number of Topliss-reactive ketones (excluding diaryl/α,β-unsaturated/α-hetero) is 1. The molecule has 6 nitrogen and oxygen atoms in total. The first-order valence-corrected chi connectivity index (χ1v) is 11.9. The average molecular weight is 477 g/mol. The van der Waals surface area contributed by atoms with Crippen LogP contribution in [-0.2, 0) is 15.8 Å². The summed E-state index contributed by atoms with van der Waals surface area (Å²) in [7, 11) is 0. The second-order valence-corrected chi connectivity index (χ2v) is 9.73. The number of hydrogen-bond acceptors (Lipinski definition) is 5. The van der Waals surface area contributed by atoms with E-state index in [1.54, 1.807) is 6.07 Å². The number of anilines is 1. The fourth-order valence-corrected chi connectivity index (χ4v) is 5.03. The number of rotatable bonds is 7. The van der Waals surface area contributed by atoms with Crippen LogP contribution in [0.3, 0.4) is 0 Å². The average Bonchev–Trinajstić information content (AvgIpc) is 2.78. The maximum Gasteiger partial charge on any atom is 0.416 e. The number of nitrogens with one attached hydrogen (secondary N) is 2. The van der Waals surface area contributed by atoms with Gasteiger partial charge in [-0.1, -0.05) is 19.9 Å². The molecule has 9 heteroatoms. The van der Waals surface area contributed by atoms with Crippen molar-refractivity contribution in [1.29, 1.82) is 0 Å². The summed E-state index contributed by atoms with van der Waals surface area (Å²) in [4.78, 5) is 31.1. The number of benzene rings is 1. The first-order valence-electron chi connectivity index (χ1n) is 11.9. The van der Waals surface area contributed by atoms with Crippen molar-refractivity contribution in [2.24, 2.45) is 11.8 Å². The molecule has 0 atom stereocenters. The first-order chi connectivity index (χ1) is 16.1. The minimum atomic E-state index is -4.45. The minimum absolute atomic E-state index is 0.0571. The van der Waals surface area contributed by atoms with E-state index in [-0.39, 0.29) is 36.1 Å². The number of carbonyl (C=O) groups is 2. The molecule has 2 aliphatic rings. The Bertz CT molecular complexity index is 1040. The number of alkyl halides is 3. The Morgan fingerprint density at radius 1 is 1.12 bits per heavy atom. The van der Waals surface area contributed by atoms with Crippen molar-refractivity contribution in [3.63, 3.8) is 0 Å². The van der Waals surface area contributed by atoms with E-state index in [1.165, 1.54) is 12.3 Å². The van der Waals surface area contributed by atoms with Crippen molar-refractivity contribution in [3.8, 4) is 0 Å². The third kappa shape index (κ3) is 5.51. The molecule has 0 unspecified atom stereocenters. The van der Waals surface area contributed by atoms with Crippen molar-refractivity contribution >= 4 is 28.3 Å². The number of nitrogens with zero attached hydrogens (tertiary/aromatic N) is 2. The summed E-state index contributed by atoms with van der Waals surface area (Å²) < 4.78 is 39.2. The highest BCUT2D eigenvalue weighted by Crippen LogP contribution is 2.33. The summed E-state index contributed by atoms with van der Waals surface area (Å²) in [5.74, 6) is 0.682. The van der Waals surface area contributed by atoms with Crippen LogP contribution in [-0.4, -0.2) is 53.3 Å². The number of fused-ring (bicyclic) bond motifs is 1. The number of amides is 1. The Labute approximate surface area is 197 Å². The number of carbonyl (C=O) groups excluding carboxylic acids is 2. The fraction of sp³-hybridized carbons (Fsp3) is 0.560. The highest BCUT2D eigenvalue weighted by molar-refractivity contribution is 5.93. The van der Waals surface area contributed by atoms with Crippen LogP contribution in [0.15, 0.2) is 30.5 Å². The van der Waals surface area contributed by atoms with E-state index in [2.05, 4.69) is 20.5 Å². The van der Waals surface area contributed by atoms with Gasteiger partial charge in [-0.05, 0) is 49.3 Å². The normalized spacial score (nSPS) is 21.9. The van der Waals surface area contributed by atoms with Gasteiger partial charge in [0.2, 0.25) is 5.91 Å². The van der Waals surface area contributed by atoms with Crippen molar-refractivity contribution in [3.05, 3.63) is 36.0 Å². The van der Waals surface area contributed by atoms with Gasteiger partial charge >= 0.3 is 6.18 Å². The van der Waals surface area contributed by atoms with Crippen molar-refractivity contribution in [1.82, 2.24) is 15.2 Å². The quantitative estimate of drug-likeness (QED) is 0.625. The van der Waals surface area contributed by atoms with Crippen LogP contribution in [0.1, 0.15) is 45.1 Å². The van der Waals surface area contributed by atoms with Crippen molar-refractivity contribution in [2.45, 2.75) is 57.8 Å². The highest BCUT2D eigenvalue weighted by atomic mass is 19.4. The van der Waals surface area contributed by atoms with E-state index in [0.29, 0.717) is 22.6 Å². The van der Waals surface area contributed by atoms with Crippen LogP contribution in [0.5, 0.6) is 0 Å². The number of halogens is 3. The molecule has 4 rings (SSSR count). The van der Waals surface area contributed by atoms with E-state index in [1.807, 2.05) is 13.8 Å². The van der Waals surface area contributed by atoms with Crippen LogP contribution in [0.25, 0.3) is 10.8 Å². The lowest BCUT2D eigenvalue weighted by Crippen LogP contribution is -2.63. The largest absolute Gasteiger partial charge is 0.416 e. The van der Waals surface area contributed by atoms with E-state index in [9.17, 15) is 22.8 Å². The summed E-state index contributed by atoms with van der Waals surface area (Å²) in [6, 6.07) is 5.65. The molecule has 2 fully saturated rings. The Morgan fingerprint density at radius 2 is 1.82 bits per heavy atom. The van der Waals surface area contributed by atoms with Gasteiger partial charge in [-0.15, -0.1) is 0 Å². The molecule has 2 heterocycles. The molecule has 2 aromatic rings. The van der Waals surface area contributed by atoms with Crippen LogP contribution < -0.4 is 10.6 Å². The molecular formula is C25H31F3N4O2. The summed E-state index contributed by atoms with van der Waals surface area (Å²) >= 11 is 0. The highest BCUT2D eigenvalue weighted by Gasteiger charge is 2.36. The van der Waals surface area contributed by atoms with E-state index < -0.39 is 11.7 Å². The summed E-state index contributed by atoms with van der Waals surface area (Å²) in [6.07, 6.45) is 0.956. The van der Waals surface area contributed by atoms with Gasteiger partial charge in [-0.3, -0.25) is 14.5 Å². The molecule has 0 radical (unpaired) electrons. The second kappa shape index (κ2) is 9.90. The minimum Gasteiger partial charge on any atom is -0.360 e. The van der Waals surface area contributed by atoms with Gasteiger partial charge in [0.1, 0.15) is 11.6 Å². The molecule has 1 saturated carbocycles. The van der Waals surface area contributed by atoms with Gasteiger partial charge in [0.25, 0.3) is 0 Å². The Kier molecular flexibility index (Phi) is 7.12. The van der Waals surface area contributed by atoms with Gasteiger partial charge in [0.05, 0.1) is 18.2 Å². The Hall–Kier alpha value is -2.68. The molecule has 2 N–H and O–H groups in total. The third-order valence-corrected chi connectivity index (χ3v) is 6.97. The SMILES string of the molecule is CC(C)C(=O)C1CCC(N2CC(NC(=O)CNc3nccc4ccc(C(F)(F)F)cc34)C2)CC1. The lowest BCUT2D eigenvalue weighted by atomic mass is 9.79. The first kappa shape index (κ1) is 24.4. The van der Waals surface area contributed by atoms with Gasteiger partial charge in [-0.25, -0.2) is 4.98 Å². The molecule has 0 bridgehead atoms. The third-order valence-electron chi connectivity index (χ3n) is 6.97. The summed E-state index contributed by atoms with van der Waals surface area (Å²) in [5.41, 5.74) is -0.752. The molecule has 1 aromatic carbocycles. The zero-order valence-corrected chi connectivity index (χ0v) is 19.5. The predicted octanol–water partition coefficient (Wildman–Crippen LogP) is 4.25. The van der Waals surface area contributed by atoms with Crippen molar-refractivity contribution in [2.75, 3.05) is 25.0 Å². The summed E-state index contributed by atoms with van der Waals surface area (Å²) in [5, 5.41) is 6.80. The number of aromatic nitrogens is 1. The smallest absolute Gasteiger partial charge is 0.360 e. The predicted molar refractivity (Wildman–Crippen MR) is 124 cm³/mol. The summed E-state index contributed by atoms with van der Waals surface area (Å²) in [6.45, 7) is 5.41. The number of hydrogen-bond donors (Lipinski definition) is 2. The molecule has 1 amide bonds. The molecule has 34 heavy (non-hydrogen) atoms. The zero-order chi connectivity index (χ0) is 24.5. The van der Waals surface area contributed by atoms with Crippen LogP contribution in [0.2, 0.25) is 0 Å². The molecule has 1 saturated heterocycles. The van der Waals surface area contributed by atoms with E-state index in [0.717, 1.165) is 50.9 Å². The lowest BCUT2D eigenvalue weighted by molar-refractivity contribution is -0.137. The molecular weight excluding hydrogens is 445 g/mol. The van der Waals surface area contributed by atoms with Crippen molar-refractivity contribution < 1.29 is 22.8 Å². The standard InChI is InChI=1S/C25H31F3N4O2/c1-15(2)23(34)17-4-7-20(8-5-17)32-13-19(14-32)31-22(33)12-30-24-21-11-18(25(26,27)28)6-3-16(21)9-10-29-24/h3,6,9-11,15,17,19-20H,4-5,7-8,12-14H2,1-2H3,(H,29,30)(H,31,33). The number of likely N-dealkylation sites (tertiary alicyclic amines) is 1. The van der Waals surface area contributed by atoms with Gasteiger partial charge < -0.3 is 10.6 Å². The number of ketones is 1. The molecule has 184 valence electrons. The Morgan fingerprint density at radius 3 is 2.47 bits per heavy atom. The second-order valence-electron chi connectivity index (χ2n) is 9.73. The van der Waals surface area contributed by atoms with Crippen LogP contribution in [0.4, 0.5) is 19.0 Å². The topological polar surface area (TPSA) is 74.3 Å². The van der Waals surface area contributed by atoms with Gasteiger partial charge in [-0.2, -0.15) is 13.2 Å². The number of pyridine rings is 1. The van der Waals surface area contributed by atoms with Gasteiger partial charge in [0, 0.05) is 42.6 Å². The Balaban J connectivity index is 1.24. The molecule has 1 aliphatic carbocycles. The molecule has 1 aromatic heterocycles. The van der Waals surface area contributed by atoms with Gasteiger partial charge in [0.15, 0.2) is 0 Å². The van der Waals surface area contributed by atoms with Crippen LogP contribution in [0, 0.1) is 11.8 Å². The fourth-order valence-electron chi connectivity index (χ4n) is 5.03. The monoisotopic (exact) mass is 476 g/mol. The van der Waals surface area contributed by atoms with E-state index >= 15 is 0 Å². The van der Waals surface area contributed by atoms with E-state index in [4.69, 9.17) is 0 Å².